The van der Waals surface area contributed by atoms with Gasteiger partial charge in [0, 0.05) is 16.3 Å². The smallest absolute Gasteiger partial charge is 0.355 e. The summed E-state index contributed by atoms with van der Waals surface area (Å²) in [5.74, 6) is -0.0790. The van der Waals surface area contributed by atoms with Gasteiger partial charge in [-0.2, -0.15) is 5.10 Å². The number of carbonyl (C=O) groups excluding carboxylic acids is 1. The number of nitrogens with one attached hydrogen (secondary N) is 1. The Bertz CT molecular complexity index is 1800. The molecule has 0 fully saturated rings. The molecule has 7 nitrogen and oxygen atoms in total. The molecule has 0 amide bonds. The molecule has 0 radical (unpaired) electrons. The monoisotopic (exact) mass is 589 g/mol. The molecular formula is C34H37F2N3O4. The van der Waals surface area contributed by atoms with Crippen molar-refractivity contribution in [1.82, 2.24) is 14.8 Å². The first-order valence-electron chi connectivity index (χ1n) is 14.7. The van der Waals surface area contributed by atoms with Gasteiger partial charge in [-0.3, -0.25) is 0 Å². The number of aromatic amines is 1. The van der Waals surface area contributed by atoms with Crippen LogP contribution in [0.15, 0.2) is 48.5 Å². The van der Waals surface area contributed by atoms with E-state index in [0.717, 1.165) is 21.7 Å². The predicted octanol–water partition coefficient (Wildman–Crippen LogP) is 8.16. The number of benzene rings is 3. The van der Waals surface area contributed by atoms with E-state index in [9.17, 15) is 9.18 Å². The number of halogens is 2. The molecule has 1 N–H and O–H groups in total. The van der Waals surface area contributed by atoms with Crippen LogP contribution in [-0.4, -0.2) is 39.5 Å². The SMILES string of the molecule is CC.Cc1nn2c(c1-c1c(F)ccc3c(CCCOc4cccc5cc(F)ccc45)c(C(=O)OC(C)(C)C)[nH]c13)OCC2. The molecule has 0 bridgehead atoms. The van der Waals surface area contributed by atoms with Gasteiger partial charge in [-0.1, -0.05) is 26.0 Å². The molecule has 1 aliphatic rings. The standard InChI is InChI=1S/C32H31F2N3O4.C2H6/c1-18-26(30-37(36-18)14-16-40-30)27-24(34)13-12-23-22(29(35-28(23)27)31(38)41-32(2,3)4)8-6-15-39-25-9-5-7-19-17-20(33)10-11-21(19)25;1-2/h5,7,9-13,17,35H,6,8,14-16H2,1-4H3;1-2H3. The van der Waals surface area contributed by atoms with E-state index in [2.05, 4.69) is 10.1 Å². The van der Waals surface area contributed by atoms with Crippen LogP contribution in [0, 0.1) is 18.6 Å². The molecule has 9 heteroatoms. The molecule has 3 aromatic carbocycles. The fraction of sp³-hybridized carbons (Fsp3) is 0.353. The van der Waals surface area contributed by atoms with Crippen molar-refractivity contribution < 1.29 is 27.8 Å². The van der Waals surface area contributed by atoms with Crippen molar-refractivity contribution in [2.75, 3.05) is 13.2 Å². The minimum Gasteiger partial charge on any atom is -0.493 e. The largest absolute Gasteiger partial charge is 0.493 e. The molecule has 1 aliphatic heterocycles. The van der Waals surface area contributed by atoms with E-state index in [1.54, 1.807) is 37.6 Å². The summed E-state index contributed by atoms with van der Waals surface area (Å²) in [6.07, 6.45) is 1.04. The molecule has 6 rings (SSSR count). The zero-order chi connectivity index (χ0) is 30.9. The molecule has 0 spiro atoms. The Morgan fingerprint density at radius 2 is 1.84 bits per heavy atom. The maximum absolute atomic E-state index is 15.5. The summed E-state index contributed by atoms with van der Waals surface area (Å²) in [6.45, 7) is 12.7. The number of H-pyrrole nitrogens is 1. The maximum atomic E-state index is 15.5. The first kappa shape index (κ1) is 30.1. The fourth-order valence-electron chi connectivity index (χ4n) is 5.46. The summed E-state index contributed by atoms with van der Waals surface area (Å²) in [5.41, 5.74) is 2.32. The van der Waals surface area contributed by atoms with Crippen LogP contribution in [0.25, 0.3) is 32.8 Å². The third-order valence-corrected chi connectivity index (χ3v) is 7.14. The van der Waals surface area contributed by atoms with E-state index in [4.69, 9.17) is 14.2 Å². The van der Waals surface area contributed by atoms with Crippen molar-refractivity contribution in [3.05, 3.63) is 77.1 Å². The van der Waals surface area contributed by atoms with Crippen LogP contribution in [0.5, 0.6) is 11.6 Å². The third-order valence-electron chi connectivity index (χ3n) is 7.14. The van der Waals surface area contributed by atoms with Crippen molar-refractivity contribution in [1.29, 1.82) is 0 Å². The lowest BCUT2D eigenvalue weighted by Gasteiger charge is -2.19. The van der Waals surface area contributed by atoms with Crippen molar-refractivity contribution in [2.45, 2.75) is 66.5 Å². The number of aryl methyl sites for hydroxylation is 2. The highest BCUT2D eigenvalue weighted by atomic mass is 19.1. The number of fused-ring (bicyclic) bond motifs is 3. The van der Waals surface area contributed by atoms with Gasteiger partial charge >= 0.3 is 5.97 Å². The van der Waals surface area contributed by atoms with Crippen molar-refractivity contribution >= 4 is 27.6 Å². The quantitative estimate of drug-likeness (QED) is 0.153. The molecule has 0 saturated carbocycles. The van der Waals surface area contributed by atoms with E-state index < -0.39 is 17.4 Å². The molecule has 2 aromatic heterocycles. The van der Waals surface area contributed by atoms with E-state index >= 15 is 4.39 Å². The Balaban J connectivity index is 0.00000180. The van der Waals surface area contributed by atoms with Gasteiger partial charge in [-0.05, 0) is 87.9 Å². The maximum Gasteiger partial charge on any atom is 0.355 e. The summed E-state index contributed by atoms with van der Waals surface area (Å²) in [4.78, 5) is 16.6. The lowest BCUT2D eigenvalue weighted by molar-refractivity contribution is 0.00625. The first-order chi connectivity index (χ1) is 20.6. The number of hydrogen-bond donors (Lipinski definition) is 1. The highest BCUT2D eigenvalue weighted by Gasteiger charge is 2.30. The van der Waals surface area contributed by atoms with E-state index in [1.165, 1.54) is 18.2 Å². The van der Waals surface area contributed by atoms with Crippen molar-refractivity contribution in [3.8, 4) is 22.8 Å². The molecule has 0 atom stereocenters. The topological polar surface area (TPSA) is 78.4 Å². The molecule has 226 valence electrons. The minimum absolute atomic E-state index is 0.282. The second kappa shape index (κ2) is 12.1. The van der Waals surface area contributed by atoms with Gasteiger partial charge in [-0.25, -0.2) is 18.3 Å². The van der Waals surface area contributed by atoms with Gasteiger partial charge in [0.25, 0.3) is 0 Å². The highest BCUT2D eigenvalue weighted by molar-refractivity contribution is 6.04. The Hall–Kier alpha value is -4.40. The average molecular weight is 590 g/mol. The Kier molecular flexibility index (Phi) is 8.44. The van der Waals surface area contributed by atoms with Gasteiger partial charge in [0.15, 0.2) is 0 Å². The van der Waals surface area contributed by atoms with Crippen LogP contribution >= 0.6 is 0 Å². The number of ether oxygens (including phenoxy) is 3. The summed E-state index contributed by atoms with van der Waals surface area (Å²) >= 11 is 0. The zero-order valence-electron chi connectivity index (χ0n) is 25.4. The minimum atomic E-state index is -0.714. The van der Waals surface area contributed by atoms with Gasteiger partial charge in [0.05, 0.1) is 29.9 Å². The molecule has 0 aliphatic carbocycles. The molecule has 5 aromatic rings. The lowest BCUT2D eigenvalue weighted by Crippen LogP contribution is -2.24. The van der Waals surface area contributed by atoms with Gasteiger partial charge in [-0.15, -0.1) is 0 Å². The second-order valence-electron chi connectivity index (χ2n) is 11.2. The number of nitrogens with zero attached hydrogens (tertiary/aromatic N) is 2. The van der Waals surface area contributed by atoms with Crippen molar-refractivity contribution in [3.63, 3.8) is 0 Å². The van der Waals surface area contributed by atoms with Crippen LogP contribution in [0.3, 0.4) is 0 Å². The summed E-state index contributed by atoms with van der Waals surface area (Å²) in [5, 5.41) is 6.83. The average Bonchev–Trinajstić information content (AvgIpc) is 3.64. The Morgan fingerprint density at radius 3 is 2.60 bits per heavy atom. The second-order valence-corrected chi connectivity index (χ2v) is 11.2. The molecular weight excluding hydrogens is 552 g/mol. The number of rotatable bonds is 7. The summed E-state index contributed by atoms with van der Waals surface area (Å²) < 4.78 is 48.5. The normalized spacial score (nSPS) is 12.6. The highest BCUT2D eigenvalue weighted by Crippen LogP contribution is 2.42. The van der Waals surface area contributed by atoms with Gasteiger partial charge < -0.3 is 19.2 Å². The fourth-order valence-corrected chi connectivity index (χ4v) is 5.46. The molecule has 43 heavy (non-hydrogen) atoms. The summed E-state index contributed by atoms with van der Waals surface area (Å²) in [6, 6.07) is 13.2. The van der Waals surface area contributed by atoms with E-state index in [0.29, 0.717) is 66.6 Å². The Labute approximate surface area is 249 Å². The zero-order valence-corrected chi connectivity index (χ0v) is 25.4. The Morgan fingerprint density at radius 1 is 1.07 bits per heavy atom. The van der Waals surface area contributed by atoms with Gasteiger partial charge in [0.2, 0.25) is 5.88 Å². The van der Waals surface area contributed by atoms with E-state index in [1.807, 2.05) is 39.0 Å². The molecule has 3 heterocycles. The third kappa shape index (κ3) is 5.94. The predicted molar refractivity (Wildman–Crippen MR) is 164 cm³/mol. The van der Waals surface area contributed by atoms with Crippen molar-refractivity contribution in [2.24, 2.45) is 0 Å². The van der Waals surface area contributed by atoms with Crippen LogP contribution < -0.4 is 9.47 Å². The van der Waals surface area contributed by atoms with Crippen LogP contribution in [0.4, 0.5) is 8.78 Å². The lowest BCUT2D eigenvalue weighted by atomic mass is 9.99. The number of carbonyl (C=O) groups is 1. The van der Waals surface area contributed by atoms with Crippen LogP contribution in [-0.2, 0) is 17.7 Å². The number of hydrogen-bond acceptors (Lipinski definition) is 5. The van der Waals surface area contributed by atoms with E-state index in [-0.39, 0.29) is 11.5 Å². The molecule has 0 saturated heterocycles. The first-order valence-corrected chi connectivity index (χ1v) is 14.7. The molecule has 0 unspecified atom stereocenters. The van der Waals surface area contributed by atoms with Crippen LogP contribution in [0.2, 0.25) is 0 Å². The number of aromatic nitrogens is 3. The summed E-state index contributed by atoms with van der Waals surface area (Å²) in [7, 11) is 0. The van der Waals surface area contributed by atoms with Gasteiger partial charge in [0.1, 0.15) is 35.3 Å². The number of esters is 1. The van der Waals surface area contributed by atoms with Crippen LogP contribution in [0.1, 0.15) is 62.8 Å².